The minimum Gasteiger partial charge on any atom is -0.393 e. The van der Waals surface area contributed by atoms with E-state index in [1.54, 1.807) is 0 Å². The third-order valence-electron chi connectivity index (χ3n) is 5.37. The third kappa shape index (κ3) is 6.97. The van der Waals surface area contributed by atoms with Gasteiger partial charge in [0.05, 0.1) is 12.2 Å². The van der Waals surface area contributed by atoms with Crippen LogP contribution in [0.3, 0.4) is 0 Å². The molecule has 132 valence electrons. The maximum atomic E-state index is 9.75. The molecule has 0 aromatic carbocycles. The van der Waals surface area contributed by atoms with Crippen LogP contribution in [0.1, 0.15) is 72.6 Å². The van der Waals surface area contributed by atoms with Crippen molar-refractivity contribution in [2.24, 2.45) is 23.7 Å². The summed E-state index contributed by atoms with van der Waals surface area (Å²) in [6, 6.07) is 0. The van der Waals surface area contributed by atoms with Crippen molar-refractivity contribution < 1.29 is 10.2 Å². The van der Waals surface area contributed by atoms with Crippen LogP contribution in [0.4, 0.5) is 0 Å². The van der Waals surface area contributed by atoms with Gasteiger partial charge in [0.15, 0.2) is 0 Å². The molecule has 2 fully saturated rings. The number of nitrogens with one attached hydrogen (secondary N) is 1. The first kappa shape index (κ1) is 19.9. The minimum atomic E-state index is -0.0860. The molecule has 3 heteroatoms. The first-order valence-electron chi connectivity index (χ1n) is 9.50. The Balaban J connectivity index is 0.000000220. The molecule has 1 saturated heterocycles. The van der Waals surface area contributed by atoms with Crippen LogP contribution in [-0.4, -0.2) is 35.5 Å². The van der Waals surface area contributed by atoms with Gasteiger partial charge in [-0.15, -0.1) is 0 Å². The Kier molecular flexibility index (Phi) is 9.62. The molecule has 1 saturated carbocycles. The molecular weight excluding hydrogens is 274 g/mol. The second-order valence-corrected chi connectivity index (χ2v) is 7.95. The van der Waals surface area contributed by atoms with E-state index in [2.05, 4.69) is 33.0 Å². The van der Waals surface area contributed by atoms with E-state index in [-0.39, 0.29) is 12.2 Å². The number of piperidine rings is 1. The lowest BCUT2D eigenvalue weighted by atomic mass is 9.81. The lowest BCUT2D eigenvalue weighted by Gasteiger charge is -2.29. The highest BCUT2D eigenvalue weighted by molar-refractivity contribution is 4.77. The first-order valence-corrected chi connectivity index (χ1v) is 9.50. The van der Waals surface area contributed by atoms with Crippen molar-refractivity contribution in [1.82, 2.24) is 5.32 Å². The van der Waals surface area contributed by atoms with Gasteiger partial charge in [0.2, 0.25) is 0 Å². The molecule has 3 nitrogen and oxygen atoms in total. The summed E-state index contributed by atoms with van der Waals surface area (Å²) in [6.07, 6.45) is 8.68. The van der Waals surface area contributed by atoms with E-state index < -0.39 is 0 Å². The fourth-order valence-electron chi connectivity index (χ4n) is 3.75. The summed E-state index contributed by atoms with van der Waals surface area (Å²) in [6.45, 7) is 10.6. The molecule has 0 spiro atoms. The summed E-state index contributed by atoms with van der Waals surface area (Å²) >= 11 is 0. The summed E-state index contributed by atoms with van der Waals surface area (Å²) in [4.78, 5) is 0. The Bertz CT molecular complexity index is 241. The van der Waals surface area contributed by atoms with Gasteiger partial charge in [0, 0.05) is 0 Å². The van der Waals surface area contributed by atoms with Gasteiger partial charge in [-0.3, -0.25) is 0 Å². The van der Waals surface area contributed by atoms with Gasteiger partial charge < -0.3 is 15.5 Å². The monoisotopic (exact) mass is 313 g/mol. The SMILES string of the molecule is CC(C)C(O)C1CCCCC1.CC(C)C(O)C1CCNCC1. The molecule has 22 heavy (non-hydrogen) atoms. The highest BCUT2D eigenvalue weighted by atomic mass is 16.3. The second kappa shape index (κ2) is 10.6. The van der Waals surface area contributed by atoms with E-state index in [9.17, 15) is 10.2 Å². The normalized spacial score (nSPS) is 24.0. The fourth-order valence-corrected chi connectivity index (χ4v) is 3.75. The quantitative estimate of drug-likeness (QED) is 0.743. The zero-order valence-electron chi connectivity index (χ0n) is 15.2. The van der Waals surface area contributed by atoms with Crippen LogP contribution in [0.2, 0.25) is 0 Å². The standard InChI is InChI=1S/C10H20O.C9H19NO/c1-8(2)10(11)9-6-4-3-5-7-9;1-7(2)9(11)8-3-5-10-6-4-8/h8-11H,3-7H2,1-2H3;7-11H,3-6H2,1-2H3. The highest BCUT2D eigenvalue weighted by Gasteiger charge is 2.24. The molecule has 0 radical (unpaired) electrons. The topological polar surface area (TPSA) is 52.5 Å². The predicted octanol–water partition coefficient (Wildman–Crippen LogP) is 3.59. The van der Waals surface area contributed by atoms with E-state index in [0.717, 1.165) is 25.9 Å². The van der Waals surface area contributed by atoms with E-state index in [0.29, 0.717) is 23.7 Å². The molecule has 2 aliphatic rings. The maximum Gasteiger partial charge on any atom is 0.0592 e. The fraction of sp³-hybridized carbons (Fsp3) is 1.00. The zero-order valence-corrected chi connectivity index (χ0v) is 15.2. The summed E-state index contributed by atoms with van der Waals surface area (Å²) in [5.41, 5.74) is 0. The van der Waals surface area contributed by atoms with Gasteiger partial charge >= 0.3 is 0 Å². The summed E-state index contributed by atoms with van der Waals surface area (Å²) in [5.74, 6) is 2.00. The summed E-state index contributed by atoms with van der Waals surface area (Å²) in [7, 11) is 0. The maximum absolute atomic E-state index is 9.75. The summed E-state index contributed by atoms with van der Waals surface area (Å²) in [5, 5.41) is 22.8. The van der Waals surface area contributed by atoms with Crippen molar-refractivity contribution in [3.63, 3.8) is 0 Å². The van der Waals surface area contributed by atoms with Crippen molar-refractivity contribution in [1.29, 1.82) is 0 Å². The number of hydrogen-bond donors (Lipinski definition) is 3. The van der Waals surface area contributed by atoms with E-state index in [1.165, 1.54) is 32.1 Å². The van der Waals surface area contributed by atoms with E-state index in [4.69, 9.17) is 0 Å². The first-order chi connectivity index (χ1) is 10.4. The van der Waals surface area contributed by atoms with Crippen molar-refractivity contribution in [2.45, 2.75) is 84.8 Å². The molecule has 0 amide bonds. The number of rotatable bonds is 4. The van der Waals surface area contributed by atoms with Crippen molar-refractivity contribution in [2.75, 3.05) is 13.1 Å². The van der Waals surface area contributed by atoms with Gasteiger partial charge in [-0.2, -0.15) is 0 Å². The van der Waals surface area contributed by atoms with E-state index in [1.807, 2.05) is 0 Å². The molecule has 2 rings (SSSR count). The van der Waals surface area contributed by atoms with Crippen molar-refractivity contribution in [3.05, 3.63) is 0 Å². The Labute approximate surface area is 137 Å². The van der Waals surface area contributed by atoms with Crippen LogP contribution < -0.4 is 5.32 Å². The molecule has 0 bridgehead atoms. The Hall–Kier alpha value is -0.120. The van der Waals surface area contributed by atoms with E-state index >= 15 is 0 Å². The molecule has 2 unspecified atom stereocenters. The zero-order chi connectivity index (χ0) is 16.5. The molecule has 0 aromatic rings. The average molecular weight is 314 g/mol. The molecule has 2 atom stereocenters. The third-order valence-corrected chi connectivity index (χ3v) is 5.37. The lowest BCUT2D eigenvalue weighted by molar-refractivity contribution is 0.0463. The lowest BCUT2D eigenvalue weighted by Crippen LogP contribution is -2.36. The predicted molar refractivity (Wildman–Crippen MR) is 93.9 cm³/mol. The minimum absolute atomic E-state index is 0.0460. The largest absolute Gasteiger partial charge is 0.393 e. The Morgan fingerprint density at radius 1 is 0.682 bits per heavy atom. The molecule has 1 aliphatic carbocycles. The molecule has 1 heterocycles. The van der Waals surface area contributed by atoms with Crippen LogP contribution in [0.5, 0.6) is 0 Å². The molecule has 1 aliphatic heterocycles. The highest BCUT2D eigenvalue weighted by Crippen LogP contribution is 2.29. The number of aliphatic hydroxyl groups is 2. The molecule has 0 aromatic heterocycles. The van der Waals surface area contributed by atoms with Crippen LogP contribution >= 0.6 is 0 Å². The average Bonchev–Trinajstić information content (AvgIpc) is 2.55. The van der Waals surface area contributed by atoms with Crippen LogP contribution in [0, 0.1) is 23.7 Å². The molecular formula is C19H39NO2. The van der Waals surface area contributed by atoms with Gasteiger partial charge in [-0.1, -0.05) is 47.0 Å². The number of aliphatic hydroxyl groups excluding tert-OH is 2. The van der Waals surface area contributed by atoms with Crippen LogP contribution in [0.15, 0.2) is 0 Å². The van der Waals surface area contributed by atoms with Gasteiger partial charge in [0.1, 0.15) is 0 Å². The summed E-state index contributed by atoms with van der Waals surface area (Å²) < 4.78 is 0. The van der Waals surface area contributed by atoms with Gasteiger partial charge in [-0.05, 0) is 62.4 Å². The second-order valence-electron chi connectivity index (χ2n) is 7.95. The molecule has 3 N–H and O–H groups in total. The van der Waals surface area contributed by atoms with Crippen LogP contribution in [0.25, 0.3) is 0 Å². The van der Waals surface area contributed by atoms with Crippen molar-refractivity contribution in [3.8, 4) is 0 Å². The van der Waals surface area contributed by atoms with Crippen LogP contribution in [-0.2, 0) is 0 Å². The van der Waals surface area contributed by atoms with Crippen molar-refractivity contribution >= 4 is 0 Å². The van der Waals surface area contributed by atoms with Gasteiger partial charge in [-0.25, -0.2) is 0 Å². The smallest absolute Gasteiger partial charge is 0.0592 e. The Morgan fingerprint density at radius 2 is 1.09 bits per heavy atom. The Morgan fingerprint density at radius 3 is 1.50 bits per heavy atom. The number of hydrogen-bond acceptors (Lipinski definition) is 3. The van der Waals surface area contributed by atoms with Gasteiger partial charge in [0.25, 0.3) is 0 Å².